The van der Waals surface area contributed by atoms with E-state index >= 15 is 0 Å². The van der Waals surface area contributed by atoms with Crippen LogP contribution in [0.2, 0.25) is 0 Å². The summed E-state index contributed by atoms with van der Waals surface area (Å²) in [7, 11) is 1.64. The first kappa shape index (κ1) is 18.3. The third-order valence-electron chi connectivity index (χ3n) is 3.81. The van der Waals surface area contributed by atoms with E-state index in [0.29, 0.717) is 11.6 Å². The Morgan fingerprint density at radius 2 is 2.13 bits per heavy atom. The van der Waals surface area contributed by atoms with Gasteiger partial charge in [-0.25, -0.2) is 0 Å². The van der Waals surface area contributed by atoms with Crippen LogP contribution in [-0.4, -0.2) is 47.4 Å². The smallest absolute Gasteiger partial charge is 0.242 e. The molecule has 1 unspecified atom stereocenters. The van der Waals surface area contributed by atoms with Gasteiger partial charge < -0.3 is 9.64 Å². The Labute approximate surface area is 150 Å². The number of nitrogens with one attached hydrogen (secondary N) is 1. The maximum Gasteiger partial charge on any atom is 0.242 e. The Hall–Kier alpha value is -1.07. The normalized spacial score (nSPS) is 26.4. The molecular formula is C15H18ClN3O2S2. The molecule has 1 aromatic carbocycles. The Morgan fingerprint density at radius 3 is 2.78 bits per heavy atom. The molecule has 0 saturated carbocycles. The standard InChI is InChI=1S/C15H17N3O2S2.ClH/c1-20-12-4-2-10(3-5-12)14-17-13(8-22-14)15(19)18-9-21-7-11(18)6-16;/h2-5,11,13-14,17H,7-9H2,1H3;1H/t11-,13+,14?;/m1./s1. The number of ether oxygens (including phenoxy) is 1. The third kappa shape index (κ3) is 3.89. The summed E-state index contributed by atoms with van der Waals surface area (Å²) in [6.07, 6.45) is 0. The van der Waals surface area contributed by atoms with Crippen molar-refractivity contribution >= 4 is 41.8 Å². The summed E-state index contributed by atoms with van der Waals surface area (Å²) >= 11 is 3.36. The topological polar surface area (TPSA) is 65.4 Å². The monoisotopic (exact) mass is 371 g/mol. The number of nitrogens with zero attached hydrogens (tertiary/aromatic N) is 2. The number of halogens is 1. The number of amides is 1. The van der Waals surface area contributed by atoms with Crippen molar-refractivity contribution in [3.63, 3.8) is 0 Å². The van der Waals surface area contributed by atoms with Gasteiger partial charge in [-0.3, -0.25) is 10.1 Å². The van der Waals surface area contributed by atoms with Gasteiger partial charge in [0.1, 0.15) is 11.8 Å². The SMILES string of the molecule is COc1ccc(C2N[C@H](C(=O)N3CSC[C@H]3C#N)CS2)cc1.Cl. The summed E-state index contributed by atoms with van der Waals surface area (Å²) in [5, 5.41) is 12.6. The lowest BCUT2D eigenvalue weighted by molar-refractivity contribution is -0.132. The van der Waals surface area contributed by atoms with E-state index in [1.165, 1.54) is 0 Å². The van der Waals surface area contributed by atoms with E-state index in [-0.39, 0.29) is 35.8 Å². The van der Waals surface area contributed by atoms with Crippen LogP contribution < -0.4 is 10.1 Å². The molecule has 0 bridgehead atoms. The van der Waals surface area contributed by atoms with Crippen molar-refractivity contribution in [2.24, 2.45) is 0 Å². The summed E-state index contributed by atoms with van der Waals surface area (Å²) in [4.78, 5) is 14.3. The quantitative estimate of drug-likeness (QED) is 0.879. The molecule has 2 aliphatic heterocycles. The predicted octanol–water partition coefficient (Wildman–Crippen LogP) is 2.25. The van der Waals surface area contributed by atoms with Gasteiger partial charge in [0.2, 0.25) is 5.91 Å². The number of hydrogen-bond acceptors (Lipinski definition) is 6. The van der Waals surface area contributed by atoms with Crippen molar-refractivity contribution in [3.8, 4) is 11.8 Å². The molecule has 1 N–H and O–H groups in total. The molecule has 2 fully saturated rings. The maximum absolute atomic E-state index is 12.6. The Bertz CT molecular complexity index is 593. The molecule has 0 spiro atoms. The van der Waals surface area contributed by atoms with Gasteiger partial charge in [-0.1, -0.05) is 12.1 Å². The highest BCUT2D eigenvalue weighted by atomic mass is 35.5. The van der Waals surface area contributed by atoms with Crippen molar-refractivity contribution in [2.75, 3.05) is 24.5 Å². The van der Waals surface area contributed by atoms with Gasteiger partial charge in [0, 0.05) is 11.5 Å². The first-order valence-corrected chi connectivity index (χ1v) is 9.22. The minimum absolute atomic E-state index is 0. The van der Waals surface area contributed by atoms with Gasteiger partial charge >= 0.3 is 0 Å². The van der Waals surface area contributed by atoms with Crippen molar-refractivity contribution in [1.29, 1.82) is 5.26 Å². The molecule has 3 rings (SSSR count). The molecule has 0 radical (unpaired) electrons. The van der Waals surface area contributed by atoms with Crippen LogP contribution in [0.3, 0.4) is 0 Å². The van der Waals surface area contributed by atoms with Gasteiger partial charge in [0.15, 0.2) is 0 Å². The molecule has 0 aromatic heterocycles. The number of carbonyl (C=O) groups excluding carboxylic acids is 1. The number of methoxy groups -OCH3 is 1. The fourth-order valence-corrected chi connectivity index (χ4v) is 4.87. The van der Waals surface area contributed by atoms with Crippen LogP contribution in [0, 0.1) is 11.3 Å². The molecule has 1 amide bonds. The Morgan fingerprint density at radius 1 is 1.39 bits per heavy atom. The number of hydrogen-bond donors (Lipinski definition) is 1. The van der Waals surface area contributed by atoms with Crippen molar-refractivity contribution < 1.29 is 9.53 Å². The lowest BCUT2D eigenvalue weighted by Crippen LogP contribution is -2.47. The lowest BCUT2D eigenvalue weighted by atomic mass is 10.2. The molecule has 1 aromatic rings. The van der Waals surface area contributed by atoms with E-state index in [2.05, 4.69) is 11.4 Å². The maximum atomic E-state index is 12.6. The van der Waals surface area contributed by atoms with Crippen LogP contribution in [0.5, 0.6) is 5.75 Å². The van der Waals surface area contributed by atoms with E-state index in [1.54, 1.807) is 35.5 Å². The molecule has 2 heterocycles. The first-order chi connectivity index (χ1) is 10.7. The number of nitriles is 1. The molecule has 2 aliphatic rings. The summed E-state index contributed by atoms with van der Waals surface area (Å²) in [6.45, 7) is 0. The van der Waals surface area contributed by atoms with Crippen molar-refractivity contribution in [1.82, 2.24) is 10.2 Å². The minimum Gasteiger partial charge on any atom is -0.497 e. The number of carbonyl (C=O) groups is 1. The highest BCUT2D eigenvalue weighted by Crippen LogP contribution is 2.34. The minimum atomic E-state index is -0.288. The van der Waals surface area contributed by atoms with Gasteiger partial charge in [0.25, 0.3) is 0 Å². The van der Waals surface area contributed by atoms with Gasteiger partial charge in [-0.05, 0) is 17.7 Å². The van der Waals surface area contributed by atoms with Crippen LogP contribution in [0.4, 0.5) is 0 Å². The fourth-order valence-electron chi connectivity index (χ4n) is 2.55. The molecule has 2 saturated heterocycles. The lowest BCUT2D eigenvalue weighted by Gasteiger charge is -2.22. The van der Waals surface area contributed by atoms with Crippen LogP contribution in [0.25, 0.3) is 0 Å². The molecule has 0 aliphatic carbocycles. The van der Waals surface area contributed by atoms with E-state index in [0.717, 1.165) is 17.1 Å². The van der Waals surface area contributed by atoms with E-state index in [4.69, 9.17) is 10.00 Å². The highest BCUT2D eigenvalue weighted by Gasteiger charge is 2.37. The summed E-state index contributed by atoms with van der Waals surface area (Å²) < 4.78 is 5.16. The van der Waals surface area contributed by atoms with Crippen molar-refractivity contribution in [2.45, 2.75) is 17.5 Å². The third-order valence-corrected chi connectivity index (χ3v) is 6.09. The number of thioether (sulfide) groups is 2. The van der Waals surface area contributed by atoms with E-state index in [9.17, 15) is 4.79 Å². The van der Waals surface area contributed by atoms with Gasteiger partial charge in [-0.15, -0.1) is 35.9 Å². The average Bonchev–Trinajstić information content (AvgIpc) is 3.23. The number of rotatable bonds is 3. The van der Waals surface area contributed by atoms with E-state index in [1.807, 2.05) is 24.3 Å². The van der Waals surface area contributed by atoms with E-state index < -0.39 is 0 Å². The molecule has 8 heteroatoms. The van der Waals surface area contributed by atoms with Crippen LogP contribution in [-0.2, 0) is 4.79 Å². The van der Waals surface area contributed by atoms with Gasteiger partial charge in [0.05, 0.1) is 30.5 Å². The second-order valence-corrected chi connectivity index (χ2v) is 7.30. The Kier molecular flexibility index (Phi) is 6.48. The van der Waals surface area contributed by atoms with Crippen LogP contribution in [0.1, 0.15) is 10.9 Å². The first-order valence-electron chi connectivity index (χ1n) is 7.02. The van der Waals surface area contributed by atoms with Crippen LogP contribution in [0.15, 0.2) is 24.3 Å². The summed E-state index contributed by atoms with van der Waals surface area (Å²) in [5.74, 6) is 2.93. The Balaban J connectivity index is 0.00000192. The highest BCUT2D eigenvalue weighted by molar-refractivity contribution is 8.00. The zero-order valence-electron chi connectivity index (χ0n) is 12.6. The predicted molar refractivity (Wildman–Crippen MR) is 95.9 cm³/mol. The van der Waals surface area contributed by atoms with Gasteiger partial charge in [-0.2, -0.15) is 5.26 Å². The number of benzene rings is 1. The fraction of sp³-hybridized carbons (Fsp3) is 0.467. The zero-order valence-corrected chi connectivity index (χ0v) is 15.0. The largest absolute Gasteiger partial charge is 0.497 e. The molecule has 124 valence electrons. The summed E-state index contributed by atoms with van der Waals surface area (Å²) in [6, 6.07) is 9.59. The average molecular weight is 372 g/mol. The molecule has 5 nitrogen and oxygen atoms in total. The summed E-state index contributed by atoms with van der Waals surface area (Å²) in [5.41, 5.74) is 1.13. The molecule has 3 atom stereocenters. The molecular weight excluding hydrogens is 354 g/mol. The molecule has 23 heavy (non-hydrogen) atoms. The van der Waals surface area contributed by atoms with Crippen LogP contribution >= 0.6 is 35.9 Å². The second kappa shape index (κ2) is 8.15. The second-order valence-electron chi connectivity index (χ2n) is 5.16. The zero-order chi connectivity index (χ0) is 15.5. The van der Waals surface area contributed by atoms with Crippen molar-refractivity contribution in [3.05, 3.63) is 29.8 Å².